The lowest BCUT2D eigenvalue weighted by Gasteiger charge is -2.20. The fourth-order valence-corrected chi connectivity index (χ4v) is 6.50. The van der Waals surface area contributed by atoms with Crippen molar-refractivity contribution in [2.45, 2.75) is 43.9 Å². The van der Waals surface area contributed by atoms with Crippen LogP contribution < -0.4 is 14.4 Å². The van der Waals surface area contributed by atoms with E-state index in [4.69, 9.17) is 4.74 Å². The maximum atomic E-state index is 13.4. The molecule has 1 aliphatic heterocycles. The number of nitrogens with zero attached hydrogens (tertiary/aromatic N) is 3. The maximum absolute atomic E-state index is 13.4. The molecule has 0 spiro atoms. The van der Waals surface area contributed by atoms with Crippen LogP contribution in [0.5, 0.6) is 5.75 Å². The summed E-state index contributed by atoms with van der Waals surface area (Å²) in [7, 11) is -2.41. The highest BCUT2D eigenvalue weighted by Gasteiger charge is 2.31. The summed E-state index contributed by atoms with van der Waals surface area (Å²) in [5.41, 5.74) is 1.77. The number of carbonyl (C=O) groups excluding carboxylic acids is 1. The highest BCUT2D eigenvalue weighted by molar-refractivity contribution is 7.92. The first kappa shape index (κ1) is 23.2. The van der Waals surface area contributed by atoms with Crippen LogP contribution in [-0.2, 0) is 16.4 Å². The summed E-state index contributed by atoms with van der Waals surface area (Å²) < 4.78 is 33.5. The molecule has 33 heavy (non-hydrogen) atoms. The zero-order valence-corrected chi connectivity index (χ0v) is 20.4. The molecule has 0 fully saturated rings. The Bertz CT molecular complexity index is 1270. The van der Waals surface area contributed by atoms with Gasteiger partial charge in [-0.2, -0.15) is 0 Å². The normalized spacial score (nSPS) is 13.3. The van der Waals surface area contributed by atoms with Crippen LogP contribution in [0.2, 0.25) is 0 Å². The molecule has 0 saturated carbocycles. The smallest absolute Gasteiger partial charge is 0.264 e. The number of anilines is 2. The van der Waals surface area contributed by atoms with Gasteiger partial charge in [0.05, 0.1) is 23.3 Å². The first-order chi connectivity index (χ1) is 15.9. The number of para-hydroxylation sites is 1. The zero-order chi connectivity index (χ0) is 23.6. The molecule has 0 atom stereocenters. The molecule has 0 radical (unpaired) electrons. The van der Waals surface area contributed by atoms with Crippen molar-refractivity contribution in [3.05, 3.63) is 58.6 Å². The monoisotopic (exact) mass is 486 g/mol. The largest absolute Gasteiger partial charge is 0.496 e. The number of carbonyl (C=O) groups is 1. The van der Waals surface area contributed by atoms with Crippen LogP contribution in [0.3, 0.4) is 0 Å². The van der Waals surface area contributed by atoms with E-state index in [1.807, 2.05) is 18.2 Å². The van der Waals surface area contributed by atoms with Gasteiger partial charge in [0.1, 0.15) is 10.8 Å². The van der Waals surface area contributed by atoms with Crippen molar-refractivity contribution in [2.24, 2.45) is 0 Å². The number of fused-ring (bicyclic) bond motifs is 1. The summed E-state index contributed by atoms with van der Waals surface area (Å²) in [5, 5.41) is 12.3. The summed E-state index contributed by atoms with van der Waals surface area (Å²) >= 11 is 1.33. The molecule has 8 nitrogen and oxygen atoms in total. The number of hydrogen-bond donors (Lipinski definition) is 1. The van der Waals surface area contributed by atoms with Crippen molar-refractivity contribution in [1.82, 2.24) is 10.2 Å². The Kier molecular flexibility index (Phi) is 6.66. The van der Waals surface area contributed by atoms with E-state index in [1.165, 1.54) is 41.0 Å². The Labute approximate surface area is 197 Å². The molecular weight excluding hydrogens is 460 g/mol. The average molecular weight is 487 g/mol. The minimum Gasteiger partial charge on any atom is -0.496 e. The minimum absolute atomic E-state index is 0.0279. The van der Waals surface area contributed by atoms with Gasteiger partial charge in [0.25, 0.3) is 15.9 Å². The Balaban J connectivity index is 1.63. The molecule has 1 aliphatic rings. The van der Waals surface area contributed by atoms with Crippen LogP contribution in [0.15, 0.2) is 47.4 Å². The van der Waals surface area contributed by atoms with Gasteiger partial charge < -0.3 is 4.74 Å². The van der Waals surface area contributed by atoms with E-state index in [0.29, 0.717) is 29.7 Å². The number of nitrogens with one attached hydrogen (secondary N) is 1. The van der Waals surface area contributed by atoms with Crippen molar-refractivity contribution in [1.29, 1.82) is 0 Å². The van der Waals surface area contributed by atoms with Gasteiger partial charge in [-0.15, -0.1) is 10.2 Å². The van der Waals surface area contributed by atoms with Crippen LogP contribution in [0.25, 0.3) is 0 Å². The highest BCUT2D eigenvalue weighted by atomic mass is 32.2. The predicted molar refractivity (Wildman–Crippen MR) is 129 cm³/mol. The fourth-order valence-electron chi connectivity index (χ4n) is 3.96. The standard InChI is InChI=1S/C23H26N4O4S2/c1-4-15(5-2)22-25-26-23(32-22)24-21(28)18-14-17(10-11-20(18)31-3)33(29,30)27-13-12-16-8-6-7-9-19(16)27/h6-11,14-15H,4-5,12-13H2,1-3H3,(H,24,26,28). The molecule has 10 heteroatoms. The van der Waals surface area contributed by atoms with Gasteiger partial charge in [0, 0.05) is 12.5 Å². The van der Waals surface area contributed by atoms with Crippen molar-refractivity contribution in [2.75, 3.05) is 23.3 Å². The molecule has 1 N–H and O–H groups in total. The van der Waals surface area contributed by atoms with Gasteiger partial charge >= 0.3 is 0 Å². The Hall–Kier alpha value is -2.98. The summed E-state index contributed by atoms with van der Waals surface area (Å²) in [6.45, 7) is 4.53. The molecule has 0 unspecified atom stereocenters. The Morgan fingerprint density at radius 1 is 1.18 bits per heavy atom. The molecule has 1 amide bonds. The summed E-state index contributed by atoms with van der Waals surface area (Å²) in [5.74, 6) is 0.0653. The molecule has 4 rings (SSSR count). The van der Waals surface area contributed by atoms with Gasteiger partial charge in [0.15, 0.2) is 0 Å². The number of amides is 1. The minimum atomic E-state index is -3.85. The highest BCUT2D eigenvalue weighted by Crippen LogP contribution is 2.34. The third-order valence-corrected chi connectivity index (χ3v) is 8.65. The number of aromatic nitrogens is 2. The first-order valence-electron chi connectivity index (χ1n) is 10.8. The lowest BCUT2D eigenvalue weighted by atomic mass is 10.1. The average Bonchev–Trinajstić information content (AvgIpc) is 3.47. The molecule has 0 saturated heterocycles. The van der Waals surface area contributed by atoms with E-state index in [1.54, 1.807) is 6.07 Å². The number of methoxy groups -OCH3 is 1. The van der Waals surface area contributed by atoms with Gasteiger partial charge in [0.2, 0.25) is 5.13 Å². The van der Waals surface area contributed by atoms with Crippen molar-refractivity contribution >= 4 is 38.1 Å². The van der Waals surface area contributed by atoms with Gasteiger partial charge in [-0.05, 0) is 49.1 Å². The fraction of sp³-hybridized carbons (Fsp3) is 0.348. The number of sulfonamides is 1. The molecule has 3 aromatic rings. The lowest BCUT2D eigenvalue weighted by Crippen LogP contribution is -2.29. The van der Waals surface area contributed by atoms with Gasteiger partial charge in [-0.3, -0.25) is 14.4 Å². The second kappa shape index (κ2) is 9.48. The van der Waals surface area contributed by atoms with E-state index >= 15 is 0 Å². The van der Waals surface area contributed by atoms with Crippen molar-refractivity contribution in [3.63, 3.8) is 0 Å². The van der Waals surface area contributed by atoms with E-state index < -0.39 is 15.9 Å². The molecule has 0 bridgehead atoms. The van der Waals surface area contributed by atoms with E-state index in [0.717, 1.165) is 23.4 Å². The van der Waals surface area contributed by atoms with Gasteiger partial charge in [-0.25, -0.2) is 8.42 Å². The molecule has 0 aliphatic carbocycles. The summed E-state index contributed by atoms with van der Waals surface area (Å²) in [6.07, 6.45) is 2.52. The quantitative estimate of drug-likeness (QED) is 0.505. The van der Waals surface area contributed by atoms with Crippen LogP contribution in [0.1, 0.15) is 53.5 Å². The topological polar surface area (TPSA) is 101 Å². The van der Waals surface area contributed by atoms with Crippen LogP contribution >= 0.6 is 11.3 Å². The maximum Gasteiger partial charge on any atom is 0.264 e. The van der Waals surface area contributed by atoms with Crippen LogP contribution in [-0.4, -0.2) is 38.2 Å². The molecule has 2 heterocycles. The van der Waals surface area contributed by atoms with Crippen molar-refractivity contribution in [3.8, 4) is 5.75 Å². The third-order valence-electron chi connectivity index (χ3n) is 5.84. The predicted octanol–water partition coefficient (Wildman–Crippen LogP) is 4.45. The van der Waals surface area contributed by atoms with Crippen molar-refractivity contribution < 1.29 is 17.9 Å². The second-order valence-corrected chi connectivity index (χ2v) is 10.6. The van der Waals surface area contributed by atoms with E-state index in [2.05, 4.69) is 29.4 Å². The first-order valence-corrected chi connectivity index (χ1v) is 13.1. The van der Waals surface area contributed by atoms with Gasteiger partial charge in [-0.1, -0.05) is 43.4 Å². The van der Waals surface area contributed by atoms with Crippen LogP contribution in [0.4, 0.5) is 10.8 Å². The lowest BCUT2D eigenvalue weighted by molar-refractivity contribution is 0.102. The Morgan fingerprint density at radius 3 is 2.67 bits per heavy atom. The number of rotatable bonds is 8. The number of hydrogen-bond acceptors (Lipinski definition) is 7. The third kappa shape index (κ3) is 4.45. The number of benzene rings is 2. The summed E-state index contributed by atoms with van der Waals surface area (Å²) in [4.78, 5) is 13.1. The Morgan fingerprint density at radius 2 is 1.94 bits per heavy atom. The molecule has 1 aromatic heterocycles. The second-order valence-electron chi connectivity index (χ2n) is 7.73. The SMILES string of the molecule is CCC(CC)c1nnc(NC(=O)c2cc(S(=O)(=O)N3CCc4ccccc43)ccc2OC)s1. The van der Waals surface area contributed by atoms with E-state index in [-0.39, 0.29) is 16.2 Å². The van der Waals surface area contributed by atoms with Crippen LogP contribution in [0, 0.1) is 0 Å². The molecule has 2 aromatic carbocycles. The molecular formula is C23H26N4O4S2. The van der Waals surface area contributed by atoms with E-state index in [9.17, 15) is 13.2 Å². The molecule has 174 valence electrons. The zero-order valence-electron chi connectivity index (χ0n) is 18.7. The number of ether oxygens (including phenoxy) is 1. The summed E-state index contributed by atoms with van der Waals surface area (Å²) in [6, 6.07) is 11.7.